The molecule has 4 rings (SSSR count). The lowest BCUT2D eigenvalue weighted by Gasteiger charge is -2.36. The molecule has 3 aromatic rings. The predicted molar refractivity (Wildman–Crippen MR) is 102 cm³/mol. The summed E-state index contributed by atoms with van der Waals surface area (Å²) in [6.45, 7) is 3.69. The summed E-state index contributed by atoms with van der Waals surface area (Å²) in [7, 11) is 0. The van der Waals surface area contributed by atoms with Crippen molar-refractivity contribution >= 4 is 23.3 Å². The van der Waals surface area contributed by atoms with Gasteiger partial charge in [-0.2, -0.15) is 0 Å². The maximum Gasteiger partial charge on any atom is 0.257 e. The number of nitrogens with zero attached hydrogens (tertiary/aromatic N) is 5. The first kappa shape index (κ1) is 18.4. The van der Waals surface area contributed by atoms with Crippen LogP contribution in [0.25, 0.3) is 11.5 Å². The number of pyridine rings is 1. The summed E-state index contributed by atoms with van der Waals surface area (Å²) >= 11 is 5.91. The summed E-state index contributed by atoms with van der Waals surface area (Å²) in [6.07, 6.45) is 1.70. The van der Waals surface area contributed by atoms with Gasteiger partial charge in [-0.3, -0.25) is 4.79 Å². The van der Waals surface area contributed by atoms with Gasteiger partial charge in [-0.05, 0) is 30.3 Å². The van der Waals surface area contributed by atoms with E-state index in [2.05, 4.69) is 15.2 Å². The normalized spacial score (nSPS) is 14.4. The van der Waals surface area contributed by atoms with Crippen LogP contribution >= 0.6 is 11.6 Å². The fraction of sp³-hybridized carbons (Fsp3) is 0.263. The Labute approximate surface area is 165 Å². The van der Waals surface area contributed by atoms with Crippen LogP contribution in [0.3, 0.4) is 0 Å². The molecule has 1 aromatic carbocycles. The van der Waals surface area contributed by atoms with Crippen molar-refractivity contribution in [1.82, 2.24) is 20.1 Å². The van der Waals surface area contributed by atoms with E-state index >= 15 is 0 Å². The van der Waals surface area contributed by atoms with E-state index in [1.54, 1.807) is 24.1 Å². The van der Waals surface area contributed by atoms with Crippen LogP contribution in [0.15, 0.2) is 40.9 Å². The van der Waals surface area contributed by atoms with Gasteiger partial charge in [0.05, 0.1) is 11.1 Å². The fourth-order valence-corrected chi connectivity index (χ4v) is 3.35. The third-order valence-corrected chi connectivity index (χ3v) is 4.80. The minimum absolute atomic E-state index is 0.0131. The minimum Gasteiger partial charge on any atom is -0.421 e. The van der Waals surface area contributed by atoms with Gasteiger partial charge in [0.2, 0.25) is 5.89 Å². The zero-order chi connectivity index (χ0) is 19.7. The van der Waals surface area contributed by atoms with Gasteiger partial charge in [-0.25, -0.2) is 9.37 Å². The highest BCUT2D eigenvalue weighted by atomic mass is 35.5. The fourth-order valence-electron chi connectivity index (χ4n) is 3.17. The zero-order valence-electron chi connectivity index (χ0n) is 15.1. The number of benzene rings is 1. The van der Waals surface area contributed by atoms with Gasteiger partial charge in [-0.15, -0.1) is 10.2 Å². The highest BCUT2D eigenvalue weighted by molar-refractivity contribution is 6.31. The van der Waals surface area contributed by atoms with E-state index in [9.17, 15) is 9.18 Å². The third kappa shape index (κ3) is 3.55. The van der Waals surface area contributed by atoms with Crippen molar-refractivity contribution in [2.45, 2.75) is 6.92 Å². The Kier molecular flexibility index (Phi) is 4.95. The molecule has 0 spiro atoms. The number of rotatable bonds is 3. The van der Waals surface area contributed by atoms with Crippen molar-refractivity contribution < 1.29 is 13.6 Å². The number of aromatic nitrogens is 3. The van der Waals surface area contributed by atoms with Crippen LogP contribution in [-0.2, 0) is 0 Å². The molecule has 1 amide bonds. The number of carbonyl (C=O) groups excluding carboxylic acids is 1. The van der Waals surface area contributed by atoms with E-state index in [0.717, 1.165) is 5.56 Å². The molecule has 0 aliphatic carbocycles. The number of piperazine rings is 1. The molecule has 0 saturated carbocycles. The van der Waals surface area contributed by atoms with Crippen molar-refractivity contribution in [3.8, 4) is 11.5 Å². The van der Waals surface area contributed by atoms with Crippen molar-refractivity contribution in [2.24, 2.45) is 0 Å². The first-order valence-electron chi connectivity index (χ1n) is 8.77. The number of aryl methyl sites for hydroxylation is 1. The summed E-state index contributed by atoms with van der Waals surface area (Å²) in [6, 6.07) is 7.67. The van der Waals surface area contributed by atoms with Gasteiger partial charge >= 0.3 is 0 Å². The number of anilines is 1. The molecule has 144 valence electrons. The molecule has 1 aliphatic rings. The van der Waals surface area contributed by atoms with E-state index in [4.69, 9.17) is 16.0 Å². The topological polar surface area (TPSA) is 75.4 Å². The summed E-state index contributed by atoms with van der Waals surface area (Å²) in [5, 5.41) is 8.27. The maximum atomic E-state index is 14.0. The number of hydrogen-bond donors (Lipinski definition) is 0. The zero-order valence-corrected chi connectivity index (χ0v) is 15.9. The van der Waals surface area contributed by atoms with Gasteiger partial charge in [0.1, 0.15) is 11.6 Å². The Morgan fingerprint density at radius 3 is 2.68 bits per heavy atom. The van der Waals surface area contributed by atoms with Gasteiger partial charge in [0.25, 0.3) is 11.8 Å². The maximum absolute atomic E-state index is 14.0. The van der Waals surface area contributed by atoms with Gasteiger partial charge in [0.15, 0.2) is 0 Å². The molecular weight excluding hydrogens is 385 g/mol. The van der Waals surface area contributed by atoms with E-state index in [1.165, 1.54) is 18.2 Å². The molecule has 0 bridgehead atoms. The average molecular weight is 402 g/mol. The SMILES string of the molecule is Cc1nnc(-c2cccnc2N2CCN(C(=O)c3cc(Cl)ccc3F)CC2)o1. The minimum atomic E-state index is -0.574. The second-order valence-electron chi connectivity index (χ2n) is 6.40. The molecule has 28 heavy (non-hydrogen) atoms. The molecule has 0 unspecified atom stereocenters. The van der Waals surface area contributed by atoms with Crippen molar-refractivity contribution in [2.75, 3.05) is 31.1 Å². The predicted octanol–water partition coefficient (Wildman–Crippen LogP) is 3.19. The van der Waals surface area contributed by atoms with E-state index in [0.29, 0.717) is 48.8 Å². The van der Waals surface area contributed by atoms with Crippen molar-refractivity contribution in [3.05, 3.63) is 58.8 Å². The van der Waals surface area contributed by atoms with Gasteiger partial charge in [0, 0.05) is 44.3 Å². The van der Waals surface area contributed by atoms with Gasteiger partial charge < -0.3 is 14.2 Å². The van der Waals surface area contributed by atoms with Crippen LogP contribution in [0.1, 0.15) is 16.2 Å². The second-order valence-corrected chi connectivity index (χ2v) is 6.84. The van der Waals surface area contributed by atoms with Crippen LogP contribution in [0.2, 0.25) is 5.02 Å². The molecular formula is C19H17ClFN5O2. The summed E-state index contributed by atoms with van der Waals surface area (Å²) in [5.74, 6) is 0.653. The summed E-state index contributed by atoms with van der Waals surface area (Å²) < 4.78 is 19.5. The van der Waals surface area contributed by atoms with Gasteiger partial charge in [-0.1, -0.05) is 11.6 Å². The molecule has 3 heterocycles. The molecule has 0 radical (unpaired) electrons. The first-order chi connectivity index (χ1) is 13.5. The molecule has 1 fully saturated rings. The Balaban J connectivity index is 1.51. The Morgan fingerprint density at radius 2 is 1.96 bits per heavy atom. The smallest absolute Gasteiger partial charge is 0.257 e. The van der Waals surface area contributed by atoms with E-state index in [-0.39, 0.29) is 11.5 Å². The molecule has 1 saturated heterocycles. The number of halogens is 2. The largest absolute Gasteiger partial charge is 0.421 e. The van der Waals surface area contributed by atoms with E-state index in [1.807, 2.05) is 11.0 Å². The number of hydrogen-bond acceptors (Lipinski definition) is 6. The highest BCUT2D eigenvalue weighted by Crippen LogP contribution is 2.28. The molecule has 0 N–H and O–H groups in total. The average Bonchev–Trinajstić information content (AvgIpc) is 3.15. The Bertz CT molecular complexity index is 1020. The van der Waals surface area contributed by atoms with Crippen LogP contribution in [0.4, 0.5) is 10.2 Å². The molecule has 2 aromatic heterocycles. The summed E-state index contributed by atoms with van der Waals surface area (Å²) in [4.78, 5) is 20.8. The van der Waals surface area contributed by atoms with Crippen LogP contribution in [0, 0.1) is 12.7 Å². The lowest BCUT2D eigenvalue weighted by Crippen LogP contribution is -2.49. The molecule has 1 aliphatic heterocycles. The standard InChI is InChI=1S/C19H17ClFN5O2/c1-12-23-24-18(28-12)14-3-2-6-22-17(14)25-7-9-26(10-8-25)19(27)15-11-13(20)4-5-16(15)21/h2-6,11H,7-10H2,1H3. The second kappa shape index (κ2) is 7.55. The van der Waals surface area contributed by atoms with Crippen LogP contribution in [-0.4, -0.2) is 52.2 Å². The Hall–Kier alpha value is -3.00. The lowest BCUT2D eigenvalue weighted by atomic mass is 10.1. The quantitative estimate of drug-likeness (QED) is 0.671. The monoisotopic (exact) mass is 401 g/mol. The molecule has 7 nitrogen and oxygen atoms in total. The number of amides is 1. The first-order valence-corrected chi connectivity index (χ1v) is 9.15. The van der Waals surface area contributed by atoms with Crippen molar-refractivity contribution in [1.29, 1.82) is 0 Å². The summed E-state index contributed by atoms with van der Waals surface area (Å²) in [5.41, 5.74) is 0.726. The lowest BCUT2D eigenvalue weighted by molar-refractivity contribution is 0.0742. The van der Waals surface area contributed by atoms with Crippen LogP contribution < -0.4 is 4.90 Å². The molecule has 9 heteroatoms. The Morgan fingerprint density at radius 1 is 1.18 bits per heavy atom. The third-order valence-electron chi connectivity index (χ3n) is 4.57. The molecule has 0 atom stereocenters. The highest BCUT2D eigenvalue weighted by Gasteiger charge is 2.26. The number of carbonyl (C=O) groups is 1. The van der Waals surface area contributed by atoms with Crippen molar-refractivity contribution in [3.63, 3.8) is 0 Å². The van der Waals surface area contributed by atoms with E-state index < -0.39 is 5.82 Å². The van der Waals surface area contributed by atoms with Crippen LogP contribution in [0.5, 0.6) is 0 Å².